The van der Waals surface area contributed by atoms with E-state index in [9.17, 15) is 5.11 Å². The van der Waals surface area contributed by atoms with Crippen LogP contribution in [-0.2, 0) is 0 Å². The van der Waals surface area contributed by atoms with Gasteiger partial charge in [-0.05, 0) is 24.3 Å². The number of phenolic OH excluding ortho intramolecular Hbond substituents is 1. The third-order valence-corrected chi connectivity index (χ3v) is 2.15. The molecule has 0 radical (unpaired) electrons. The largest absolute Gasteiger partial charge is 0.507 e. The summed E-state index contributed by atoms with van der Waals surface area (Å²) in [5.74, 6) is 0.640. The Kier molecular flexibility index (Phi) is 3.52. The third-order valence-electron chi connectivity index (χ3n) is 1.95. The van der Waals surface area contributed by atoms with E-state index in [-0.39, 0.29) is 5.75 Å². The number of aromatic nitrogens is 2. The lowest BCUT2D eigenvalue weighted by Gasteiger charge is -1.98. The molecule has 2 aromatic rings. The number of hydrogen-bond acceptors (Lipinski definition) is 5. The van der Waals surface area contributed by atoms with E-state index in [1.165, 1.54) is 6.21 Å². The van der Waals surface area contributed by atoms with Crippen molar-refractivity contribution in [3.05, 3.63) is 47.1 Å². The Labute approximate surface area is 103 Å². The van der Waals surface area contributed by atoms with Gasteiger partial charge in [0.1, 0.15) is 5.75 Å². The number of rotatable bonds is 3. The highest BCUT2D eigenvalue weighted by molar-refractivity contribution is 6.29. The van der Waals surface area contributed by atoms with Crippen molar-refractivity contribution in [2.75, 3.05) is 5.43 Å². The van der Waals surface area contributed by atoms with E-state index in [0.717, 1.165) is 0 Å². The fourth-order valence-electron chi connectivity index (χ4n) is 1.14. The fraction of sp³-hybridized carbons (Fsp3) is 0. The average Bonchev–Trinajstić information content (AvgIpc) is 2.34. The number of hydrogen-bond donors (Lipinski definition) is 2. The van der Waals surface area contributed by atoms with E-state index >= 15 is 0 Å². The fourth-order valence-corrected chi connectivity index (χ4v) is 1.24. The van der Waals surface area contributed by atoms with Crippen molar-refractivity contribution in [1.29, 1.82) is 0 Å². The molecule has 2 N–H and O–H groups in total. The Morgan fingerprint density at radius 1 is 1.18 bits per heavy atom. The number of para-hydroxylation sites is 1. The summed E-state index contributed by atoms with van der Waals surface area (Å²) < 4.78 is 0. The molecule has 1 aromatic heterocycles. The first-order valence-electron chi connectivity index (χ1n) is 4.82. The molecule has 0 fully saturated rings. The minimum atomic E-state index is 0.167. The van der Waals surface area contributed by atoms with Gasteiger partial charge in [-0.1, -0.05) is 23.7 Å². The molecule has 0 spiro atoms. The Hall–Kier alpha value is -2.14. The van der Waals surface area contributed by atoms with Crippen molar-refractivity contribution in [1.82, 2.24) is 10.2 Å². The summed E-state index contributed by atoms with van der Waals surface area (Å²) >= 11 is 5.59. The van der Waals surface area contributed by atoms with Gasteiger partial charge in [-0.2, -0.15) is 5.10 Å². The summed E-state index contributed by atoms with van der Waals surface area (Å²) in [4.78, 5) is 0. The molecule has 86 valence electrons. The molecule has 0 aliphatic heterocycles. The number of halogens is 1. The molecule has 0 saturated carbocycles. The van der Waals surface area contributed by atoms with Gasteiger partial charge in [-0.15, -0.1) is 10.2 Å². The second kappa shape index (κ2) is 5.27. The van der Waals surface area contributed by atoms with Crippen molar-refractivity contribution in [3.63, 3.8) is 0 Å². The van der Waals surface area contributed by atoms with Crippen LogP contribution in [0.3, 0.4) is 0 Å². The van der Waals surface area contributed by atoms with Gasteiger partial charge >= 0.3 is 0 Å². The SMILES string of the molecule is Oc1ccccc1/C=N\Nc1ccc(Cl)nn1. The van der Waals surface area contributed by atoms with Crippen LogP contribution in [0, 0.1) is 0 Å². The van der Waals surface area contributed by atoms with Crippen LogP contribution >= 0.6 is 11.6 Å². The molecule has 17 heavy (non-hydrogen) atoms. The molecule has 0 saturated heterocycles. The molecule has 0 aliphatic carbocycles. The molecule has 0 atom stereocenters. The summed E-state index contributed by atoms with van der Waals surface area (Å²) in [6, 6.07) is 10.1. The van der Waals surface area contributed by atoms with Crippen LogP contribution < -0.4 is 5.43 Å². The monoisotopic (exact) mass is 248 g/mol. The number of anilines is 1. The van der Waals surface area contributed by atoms with Crippen LogP contribution in [0.1, 0.15) is 5.56 Å². The van der Waals surface area contributed by atoms with E-state index in [4.69, 9.17) is 11.6 Å². The standard InChI is InChI=1S/C11H9ClN4O/c12-10-5-6-11(16-14-10)15-13-7-8-3-1-2-4-9(8)17/h1-7,17H,(H,15,16)/b13-7-. The minimum Gasteiger partial charge on any atom is -0.507 e. The quantitative estimate of drug-likeness (QED) is 0.646. The molecule has 6 heteroatoms. The van der Waals surface area contributed by atoms with Crippen molar-refractivity contribution in [2.45, 2.75) is 0 Å². The van der Waals surface area contributed by atoms with E-state index < -0.39 is 0 Å². The first kappa shape index (κ1) is 11.3. The van der Waals surface area contributed by atoms with Gasteiger partial charge < -0.3 is 5.11 Å². The maximum Gasteiger partial charge on any atom is 0.168 e. The topological polar surface area (TPSA) is 70.4 Å². The highest BCUT2D eigenvalue weighted by Crippen LogP contribution is 2.13. The van der Waals surface area contributed by atoms with Gasteiger partial charge in [-0.3, -0.25) is 5.43 Å². The summed E-state index contributed by atoms with van der Waals surface area (Å²) in [6.07, 6.45) is 1.49. The highest BCUT2D eigenvalue weighted by Gasteiger charge is 1.95. The van der Waals surface area contributed by atoms with Gasteiger partial charge in [0, 0.05) is 5.56 Å². The molecule has 0 bridgehead atoms. The Morgan fingerprint density at radius 3 is 2.71 bits per heavy atom. The van der Waals surface area contributed by atoms with Crippen molar-refractivity contribution >= 4 is 23.6 Å². The zero-order chi connectivity index (χ0) is 12.1. The Morgan fingerprint density at radius 2 is 2.00 bits per heavy atom. The number of phenols is 1. The van der Waals surface area contributed by atoms with Crippen LogP contribution in [0.5, 0.6) is 5.75 Å². The molecule has 0 aliphatic rings. The lowest BCUT2D eigenvalue weighted by atomic mass is 10.2. The first-order chi connectivity index (χ1) is 8.25. The normalized spacial score (nSPS) is 10.6. The summed E-state index contributed by atoms with van der Waals surface area (Å²) in [5, 5.41) is 21.1. The van der Waals surface area contributed by atoms with Crippen LogP contribution in [0.2, 0.25) is 5.15 Å². The molecule has 0 unspecified atom stereocenters. The molecule has 1 aromatic carbocycles. The predicted octanol–water partition coefficient (Wildman–Crippen LogP) is 2.28. The lowest BCUT2D eigenvalue weighted by Crippen LogP contribution is -1.95. The molecule has 0 amide bonds. The van der Waals surface area contributed by atoms with Crippen LogP contribution in [0.25, 0.3) is 0 Å². The van der Waals surface area contributed by atoms with Crippen LogP contribution in [-0.4, -0.2) is 21.5 Å². The molecule has 1 heterocycles. The zero-order valence-corrected chi connectivity index (χ0v) is 9.46. The number of hydrazone groups is 1. The van der Waals surface area contributed by atoms with E-state index in [1.807, 2.05) is 6.07 Å². The summed E-state index contributed by atoms with van der Waals surface area (Å²) in [6.45, 7) is 0. The lowest BCUT2D eigenvalue weighted by molar-refractivity contribution is 0.474. The minimum absolute atomic E-state index is 0.167. The number of nitrogens with one attached hydrogen (secondary N) is 1. The number of aromatic hydroxyl groups is 1. The van der Waals surface area contributed by atoms with Crippen molar-refractivity contribution < 1.29 is 5.11 Å². The van der Waals surface area contributed by atoms with Gasteiger partial charge in [0.05, 0.1) is 6.21 Å². The third kappa shape index (κ3) is 3.15. The first-order valence-corrected chi connectivity index (χ1v) is 5.20. The molecule has 5 nitrogen and oxygen atoms in total. The van der Waals surface area contributed by atoms with Gasteiger partial charge in [0.25, 0.3) is 0 Å². The maximum absolute atomic E-state index is 9.48. The second-order valence-electron chi connectivity index (χ2n) is 3.17. The molecular formula is C11H9ClN4O. The van der Waals surface area contributed by atoms with Gasteiger partial charge in [0.15, 0.2) is 11.0 Å². The second-order valence-corrected chi connectivity index (χ2v) is 3.56. The molecular weight excluding hydrogens is 240 g/mol. The van der Waals surface area contributed by atoms with Crippen LogP contribution in [0.4, 0.5) is 5.82 Å². The Bertz CT molecular complexity index is 527. The summed E-state index contributed by atoms with van der Waals surface area (Å²) in [7, 11) is 0. The molecule has 2 rings (SSSR count). The smallest absolute Gasteiger partial charge is 0.168 e. The maximum atomic E-state index is 9.48. The zero-order valence-electron chi connectivity index (χ0n) is 8.71. The Balaban J connectivity index is 2.03. The van der Waals surface area contributed by atoms with Crippen molar-refractivity contribution in [2.24, 2.45) is 5.10 Å². The van der Waals surface area contributed by atoms with Crippen molar-refractivity contribution in [3.8, 4) is 5.75 Å². The van der Waals surface area contributed by atoms with Gasteiger partial charge in [-0.25, -0.2) is 0 Å². The highest BCUT2D eigenvalue weighted by atomic mass is 35.5. The number of benzene rings is 1. The number of nitrogens with zero attached hydrogens (tertiary/aromatic N) is 3. The van der Waals surface area contributed by atoms with E-state index in [2.05, 4.69) is 20.7 Å². The predicted molar refractivity (Wildman–Crippen MR) is 66.4 cm³/mol. The summed E-state index contributed by atoms with van der Waals surface area (Å²) in [5.41, 5.74) is 3.29. The average molecular weight is 249 g/mol. The van der Waals surface area contributed by atoms with Gasteiger partial charge in [0.2, 0.25) is 0 Å². The van der Waals surface area contributed by atoms with E-state index in [0.29, 0.717) is 16.5 Å². The van der Waals surface area contributed by atoms with E-state index in [1.54, 1.807) is 30.3 Å². The van der Waals surface area contributed by atoms with Crippen LogP contribution in [0.15, 0.2) is 41.5 Å².